The summed E-state index contributed by atoms with van der Waals surface area (Å²) in [5, 5.41) is 2.63. The lowest BCUT2D eigenvalue weighted by Crippen LogP contribution is -2.79. The molecule has 1 saturated heterocycles. The molecule has 1 fully saturated rings. The molecule has 3 atom stereocenters. The number of nitrogens with zero attached hydrogens (tertiary/aromatic N) is 1. The highest BCUT2D eigenvalue weighted by molar-refractivity contribution is 9.09. The third-order valence-corrected chi connectivity index (χ3v) is 11.7. The zero-order valence-electron chi connectivity index (χ0n) is 16.6. The second-order valence-electron chi connectivity index (χ2n) is 8.28. The molecule has 1 unspecified atom stereocenters. The number of ether oxygens (including phenoxy) is 1. The number of hydrogen-bond donors (Lipinski definition) is 1. The topological polar surface area (TPSA) is 75.7 Å². The van der Waals surface area contributed by atoms with Gasteiger partial charge in [-0.05, 0) is 10.6 Å². The molecule has 1 aromatic carbocycles. The lowest BCUT2D eigenvalue weighted by atomic mass is 10.1. The summed E-state index contributed by atoms with van der Waals surface area (Å²) in [4.78, 5) is 36.5. The van der Waals surface area contributed by atoms with Crippen LogP contribution in [-0.4, -0.2) is 42.9 Å². The SMILES string of the molecule is CC(=O)O[C@H]1[C@H](NC(=O)C(Br)c2ccccc2)C(=O)N1[Si](C)(C)C(C)(C)C. The molecule has 2 rings (SSSR count). The average molecular weight is 455 g/mol. The minimum absolute atomic E-state index is 0.113. The van der Waals surface area contributed by atoms with Crippen LogP contribution in [-0.2, 0) is 19.1 Å². The van der Waals surface area contributed by atoms with Crippen molar-refractivity contribution in [2.24, 2.45) is 0 Å². The number of alkyl halides is 1. The predicted molar refractivity (Wildman–Crippen MR) is 110 cm³/mol. The summed E-state index contributed by atoms with van der Waals surface area (Å²) in [6.07, 6.45) is -0.768. The first kappa shape index (κ1) is 21.6. The highest BCUT2D eigenvalue weighted by Gasteiger charge is 2.59. The first-order valence-electron chi connectivity index (χ1n) is 8.87. The van der Waals surface area contributed by atoms with Gasteiger partial charge in [-0.1, -0.05) is 80.1 Å². The van der Waals surface area contributed by atoms with E-state index in [1.165, 1.54) is 6.92 Å². The summed E-state index contributed by atoms with van der Waals surface area (Å²) in [5.74, 6) is -1.02. The van der Waals surface area contributed by atoms with Gasteiger partial charge in [-0.15, -0.1) is 0 Å². The molecule has 1 heterocycles. The van der Waals surface area contributed by atoms with E-state index in [0.29, 0.717) is 0 Å². The van der Waals surface area contributed by atoms with Gasteiger partial charge in [-0.2, -0.15) is 0 Å². The summed E-state index contributed by atoms with van der Waals surface area (Å²) in [5.41, 5.74) is 0.784. The zero-order chi connectivity index (χ0) is 20.6. The molecular formula is C19H27BrN2O4Si. The number of benzene rings is 1. The third-order valence-electron chi connectivity index (χ3n) is 5.39. The molecule has 148 valence electrons. The van der Waals surface area contributed by atoms with Crippen LogP contribution in [0.1, 0.15) is 38.1 Å². The number of carbonyl (C=O) groups is 3. The van der Waals surface area contributed by atoms with Crippen molar-refractivity contribution in [3.05, 3.63) is 35.9 Å². The molecule has 0 aliphatic carbocycles. The summed E-state index contributed by atoms with van der Waals surface area (Å²) in [7, 11) is -2.25. The fourth-order valence-corrected chi connectivity index (χ4v) is 5.53. The van der Waals surface area contributed by atoms with Gasteiger partial charge in [0, 0.05) is 6.92 Å². The van der Waals surface area contributed by atoms with Crippen molar-refractivity contribution in [3.63, 3.8) is 0 Å². The number of carbonyl (C=O) groups excluding carboxylic acids is 3. The van der Waals surface area contributed by atoms with Gasteiger partial charge in [0.25, 0.3) is 0 Å². The maximum Gasteiger partial charge on any atom is 0.304 e. The van der Waals surface area contributed by atoms with Crippen molar-refractivity contribution < 1.29 is 19.1 Å². The number of halogens is 1. The summed E-state index contributed by atoms with van der Waals surface area (Å²) in [6.45, 7) is 11.7. The van der Waals surface area contributed by atoms with Gasteiger partial charge in [-0.3, -0.25) is 14.4 Å². The first-order valence-corrected chi connectivity index (χ1v) is 12.7. The Bertz CT molecular complexity index is 733. The normalized spacial score (nSPS) is 21.3. The Morgan fingerprint density at radius 2 is 1.78 bits per heavy atom. The number of nitrogens with one attached hydrogen (secondary N) is 1. The van der Waals surface area contributed by atoms with Crippen molar-refractivity contribution >= 4 is 41.9 Å². The fourth-order valence-electron chi connectivity index (χ4n) is 2.84. The minimum atomic E-state index is -2.25. The van der Waals surface area contributed by atoms with E-state index in [2.05, 4.69) is 55.1 Å². The van der Waals surface area contributed by atoms with Crippen LogP contribution in [0, 0.1) is 0 Å². The van der Waals surface area contributed by atoms with Gasteiger partial charge in [-0.25, -0.2) is 0 Å². The number of β-lactam (4-membered cyclic amide) rings is 1. The van der Waals surface area contributed by atoms with Crippen molar-refractivity contribution in [3.8, 4) is 0 Å². The third kappa shape index (κ3) is 4.26. The van der Waals surface area contributed by atoms with Crippen LogP contribution in [0.25, 0.3) is 0 Å². The summed E-state index contributed by atoms with van der Waals surface area (Å²) >= 11 is 3.37. The summed E-state index contributed by atoms with van der Waals surface area (Å²) < 4.78 is 7.11. The van der Waals surface area contributed by atoms with Gasteiger partial charge < -0.3 is 14.6 Å². The molecule has 1 aliphatic rings. The molecule has 0 aromatic heterocycles. The van der Waals surface area contributed by atoms with Gasteiger partial charge in [0.15, 0.2) is 20.5 Å². The van der Waals surface area contributed by atoms with Crippen LogP contribution >= 0.6 is 15.9 Å². The second-order valence-corrected chi connectivity index (χ2v) is 14.3. The predicted octanol–water partition coefficient (Wildman–Crippen LogP) is 3.34. The number of hydrogen-bond acceptors (Lipinski definition) is 4. The highest BCUT2D eigenvalue weighted by atomic mass is 79.9. The van der Waals surface area contributed by atoms with Crippen LogP contribution in [0.4, 0.5) is 0 Å². The van der Waals surface area contributed by atoms with Crippen molar-refractivity contribution in [2.45, 2.75) is 62.9 Å². The molecule has 0 spiro atoms. The Balaban J connectivity index is 2.20. The quantitative estimate of drug-likeness (QED) is 0.320. The lowest BCUT2D eigenvalue weighted by Gasteiger charge is -2.56. The van der Waals surface area contributed by atoms with E-state index in [9.17, 15) is 14.4 Å². The standard InChI is InChI=1S/C19H27BrN2O4Si/c1-12(23)26-18-15(17(25)22(18)27(5,6)19(2,3)4)21-16(24)14(20)13-10-8-7-9-11-13/h7-11,14-15,18H,1-6H3,(H,21,24)/t14?,15-,18+/m1/s1. The van der Waals surface area contributed by atoms with E-state index >= 15 is 0 Å². The van der Waals surface area contributed by atoms with E-state index in [-0.39, 0.29) is 16.9 Å². The van der Waals surface area contributed by atoms with Gasteiger partial charge in [0.2, 0.25) is 11.8 Å². The number of rotatable bonds is 5. The van der Waals surface area contributed by atoms with Crippen molar-refractivity contribution in [2.75, 3.05) is 0 Å². The molecule has 1 aliphatic heterocycles. The molecule has 27 heavy (non-hydrogen) atoms. The monoisotopic (exact) mass is 454 g/mol. The van der Waals surface area contributed by atoms with Crippen LogP contribution < -0.4 is 5.32 Å². The summed E-state index contributed by atoms with van der Waals surface area (Å²) in [6, 6.07) is 8.34. The number of esters is 1. The Hall–Kier alpha value is -1.67. The molecule has 2 amide bonds. The Morgan fingerprint density at radius 1 is 1.22 bits per heavy atom. The molecule has 0 radical (unpaired) electrons. The molecule has 1 aromatic rings. The van der Waals surface area contributed by atoms with Crippen LogP contribution in [0.5, 0.6) is 0 Å². The van der Waals surface area contributed by atoms with E-state index in [1.54, 1.807) is 4.57 Å². The molecule has 0 bridgehead atoms. The molecule has 6 nitrogen and oxygen atoms in total. The largest absolute Gasteiger partial charge is 0.440 e. The first-order chi connectivity index (χ1) is 12.4. The van der Waals surface area contributed by atoms with Crippen LogP contribution in [0.15, 0.2) is 30.3 Å². The minimum Gasteiger partial charge on any atom is -0.440 e. The lowest BCUT2D eigenvalue weighted by molar-refractivity contribution is -0.180. The average Bonchev–Trinajstić information content (AvgIpc) is 2.57. The van der Waals surface area contributed by atoms with Crippen molar-refractivity contribution in [1.82, 2.24) is 9.88 Å². The second kappa shape index (κ2) is 7.75. The fraction of sp³-hybridized carbons (Fsp3) is 0.526. The Morgan fingerprint density at radius 3 is 2.26 bits per heavy atom. The van der Waals surface area contributed by atoms with Gasteiger partial charge >= 0.3 is 5.97 Å². The molecule has 8 heteroatoms. The Kier molecular flexibility index (Phi) is 6.21. The molecule has 0 saturated carbocycles. The van der Waals surface area contributed by atoms with Gasteiger partial charge in [0.05, 0.1) is 0 Å². The highest BCUT2D eigenvalue weighted by Crippen LogP contribution is 2.43. The van der Waals surface area contributed by atoms with Crippen molar-refractivity contribution in [1.29, 1.82) is 0 Å². The maximum atomic E-state index is 12.9. The molecule has 1 N–H and O–H groups in total. The maximum absolute atomic E-state index is 12.9. The smallest absolute Gasteiger partial charge is 0.304 e. The zero-order valence-corrected chi connectivity index (χ0v) is 19.2. The van der Waals surface area contributed by atoms with E-state index < -0.39 is 31.3 Å². The van der Waals surface area contributed by atoms with Crippen LogP contribution in [0.2, 0.25) is 18.1 Å². The van der Waals surface area contributed by atoms with Crippen LogP contribution in [0.3, 0.4) is 0 Å². The van der Waals surface area contributed by atoms with Gasteiger partial charge in [0.1, 0.15) is 4.83 Å². The Labute approximate surface area is 169 Å². The molecular weight excluding hydrogens is 428 g/mol. The van der Waals surface area contributed by atoms with E-state index in [4.69, 9.17) is 4.74 Å². The number of amides is 2. The van der Waals surface area contributed by atoms with E-state index in [1.807, 2.05) is 30.3 Å². The van der Waals surface area contributed by atoms with E-state index in [0.717, 1.165) is 5.56 Å².